The Bertz CT molecular complexity index is 575. The van der Waals surface area contributed by atoms with Gasteiger partial charge in [-0.2, -0.15) is 0 Å². The zero-order chi connectivity index (χ0) is 13.3. The Labute approximate surface area is 106 Å². The van der Waals surface area contributed by atoms with Crippen LogP contribution in [0.1, 0.15) is 19.9 Å². The highest BCUT2D eigenvalue weighted by molar-refractivity contribution is 5.83. The molecule has 2 aromatic rings. The first-order valence-electron chi connectivity index (χ1n) is 5.86. The van der Waals surface area contributed by atoms with Crippen molar-refractivity contribution in [2.24, 2.45) is 5.92 Å². The van der Waals surface area contributed by atoms with Gasteiger partial charge in [-0.05, 0) is 18.1 Å². The molecule has 2 N–H and O–H groups in total. The average molecular weight is 247 g/mol. The van der Waals surface area contributed by atoms with Crippen molar-refractivity contribution in [3.8, 4) is 0 Å². The normalized spacial score (nSPS) is 12.9. The van der Waals surface area contributed by atoms with Crippen molar-refractivity contribution in [3.05, 3.63) is 24.3 Å². The molecule has 0 radical (unpaired) electrons. The van der Waals surface area contributed by atoms with Gasteiger partial charge >= 0.3 is 5.97 Å². The molecule has 96 valence electrons. The number of anilines is 1. The van der Waals surface area contributed by atoms with Gasteiger partial charge in [0, 0.05) is 0 Å². The number of carbonyl (C=O) groups excluding carboxylic acids is 1. The average Bonchev–Trinajstić information content (AvgIpc) is 2.66. The summed E-state index contributed by atoms with van der Waals surface area (Å²) in [6.45, 7) is 3.91. The maximum absolute atomic E-state index is 11.9. The summed E-state index contributed by atoms with van der Waals surface area (Å²) in [5.74, 6) is 0.0949. The third-order valence-corrected chi connectivity index (χ3v) is 2.98. The highest BCUT2D eigenvalue weighted by Gasteiger charge is 2.28. The molecule has 1 heterocycles. The van der Waals surface area contributed by atoms with E-state index in [1.807, 2.05) is 38.1 Å². The maximum atomic E-state index is 11.9. The fraction of sp³-hybridized carbons (Fsp3) is 0.385. The van der Waals surface area contributed by atoms with Gasteiger partial charge in [0.2, 0.25) is 5.95 Å². The van der Waals surface area contributed by atoms with Crippen LogP contribution < -0.4 is 5.73 Å². The number of esters is 1. The molecular weight excluding hydrogens is 230 g/mol. The first-order valence-corrected chi connectivity index (χ1v) is 5.86. The van der Waals surface area contributed by atoms with Gasteiger partial charge in [0.1, 0.15) is 6.04 Å². The van der Waals surface area contributed by atoms with Gasteiger partial charge in [-0.15, -0.1) is 0 Å². The van der Waals surface area contributed by atoms with Crippen LogP contribution in [-0.2, 0) is 9.53 Å². The van der Waals surface area contributed by atoms with Crippen molar-refractivity contribution in [3.63, 3.8) is 0 Å². The number of nitrogens with zero attached hydrogens (tertiary/aromatic N) is 2. The SMILES string of the molecule is COC(=O)C(C(C)C)n1c(N)nc2ccccc21. The second-order valence-electron chi connectivity index (χ2n) is 4.54. The molecule has 0 saturated carbocycles. The number of fused-ring (bicyclic) bond motifs is 1. The van der Waals surface area contributed by atoms with Gasteiger partial charge in [0.05, 0.1) is 18.1 Å². The summed E-state index contributed by atoms with van der Waals surface area (Å²) in [7, 11) is 1.38. The molecule has 5 heteroatoms. The van der Waals surface area contributed by atoms with Gasteiger partial charge in [-0.25, -0.2) is 9.78 Å². The third kappa shape index (κ3) is 1.92. The maximum Gasteiger partial charge on any atom is 0.329 e. The van der Waals surface area contributed by atoms with Gasteiger partial charge in [-0.1, -0.05) is 26.0 Å². The summed E-state index contributed by atoms with van der Waals surface area (Å²) in [4.78, 5) is 16.2. The second kappa shape index (κ2) is 4.68. The van der Waals surface area contributed by atoms with Crippen molar-refractivity contribution >= 4 is 23.0 Å². The number of benzene rings is 1. The predicted octanol–water partition coefficient (Wildman–Crippen LogP) is 1.99. The number of ether oxygens (including phenoxy) is 1. The van der Waals surface area contributed by atoms with E-state index in [-0.39, 0.29) is 11.9 Å². The highest BCUT2D eigenvalue weighted by Crippen LogP contribution is 2.28. The summed E-state index contributed by atoms with van der Waals surface area (Å²) in [5, 5.41) is 0. The van der Waals surface area contributed by atoms with E-state index in [0.29, 0.717) is 5.95 Å². The lowest BCUT2D eigenvalue weighted by atomic mass is 10.0. The first kappa shape index (κ1) is 12.4. The Morgan fingerprint density at radius 1 is 1.39 bits per heavy atom. The number of hydrogen-bond donors (Lipinski definition) is 1. The Morgan fingerprint density at radius 3 is 2.67 bits per heavy atom. The Hall–Kier alpha value is -2.04. The zero-order valence-corrected chi connectivity index (χ0v) is 10.8. The minimum atomic E-state index is -0.456. The van der Waals surface area contributed by atoms with E-state index >= 15 is 0 Å². The molecule has 2 rings (SSSR count). The second-order valence-corrected chi connectivity index (χ2v) is 4.54. The predicted molar refractivity (Wildman–Crippen MR) is 70.0 cm³/mol. The largest absolute Gasteiger partial charge is 0.467 e. The molecule has 0 aliphatic rings. The smallest absolute Gasteiger partial charge is 0.329 e. The Balaban J connectivity index is 2.63. The van der Waals surface area contributed by atoms with E-state index in [4.69, 9.17) is 10.5 Å². The molecule has 1 unspecified atom stereocenters. The number of aromatic nitrogens is 2. The highest BCUT2D eigenvalue weighted by atomic mass is 16.5. The molecule has 1 aromatic carbocycles. The Morgan fingerprint density at radius 2 is 2.06 bits per heavy atom. The number of nitrogen functional groups attached to an aromatic ring is 1. The molecule has 1 atom stereocenters. The molecule has 0 saturated heterocycles. The number of para-hydroxylation sites is 2. The van der Waals surface area contributed by atoms with Gasteiger partial charge < -0.3 is 10.5 Å². The molecule has 0 spiro atoms. The quantitative estimate of drug-likeness (QED) is 0.842. The molecule has 1 aromatic heterocycles. The zero-order valence-electron chi connectivity index (χ0n) is 10.8. The molecule has 0 aliphatic carbocycles. The lowest BCUT2D eigenvalue weighted by molar-refractivity contribution is -0.145. The lowest BCUT2D eigenvalue weighted by Crippen LogP contribution is -2.26. The van der Waals surface area contributed by atoms with Crippen LogP contribution in [0.25, 0.3) is 11.0 Å². The van der Waals surface area contributed by atoms with Gasteiger partial charge in [-0.3, -0.25) is 4.57 Å². The van der Waals surface area contributed by atoms with Crippen molar-refractivity contribution in [2.75, 3.05) is 12.8 Å². The van der Waals surface area contributed by atoms with Crippen LogP contribution in [0.4, 0.5) is 5.95 Å². The van der Waals surface area contributed by atoms with Crippen LogP contribution in [0.2, 0.25) is 0 Å². The van der Waals surface area contributed by atoms with E-state index in [1.165, 1.54) is 7.11 Å². The van der Waals surface area contributed by atoms with Crippen LogP contribution in [0.5, 0.6) is 0 Å². The minimum absolute atomic E-state index is 0.0670. The minimum Gasteiger partial charge on any atom is -0.467 e. The lowest BCUT2D eigenvalue weighted by Gasteiger charge is -2.21. The van der Waals surface area contributed by atoms with Crippen molar-refractivity contribution in [2.45, 2.75) is 19.9 Å². The number of carbonyl (C=O) groups is 1. The molecular formula is C13H17N3O2. The van der Waals surface area contributed by atoms with E-state index in [0.717, 1.165) is 11.0 Å². The van der Waals surface area contributed by atoms with Crippen LogP contribution >= 0.6 is 0 Å². The van der Waals surface area contributed by atoms with Gasteiger partial charge in [0.25, 0.3) is 0 Å². The molecule has 18 heavy (non-hydrogen) atoms. The number of nitrogens with two attached hydrogens (primary N) is 1. The first-order chi connectivity index (χ1) is 8.56. The molecule has 0 amide bonds. The fourth-order valence-corrected chi connectivity index (χ4v) is 2.15. The third-order valence-electron chi connectivity index (χ3n) is 2.98. The number of imidazole rings is 1. The molecule has 0 fully saturated rings. The number of methoxy groups -OCH3 is 1. The van der Waals surface area contributed by atoms with Crippen LogP contribution in [0.15, 0.2) is 24.3 Å². The summed E-state index contributed by atoms with van der Waals surface area (Å²) < 4.78 is 6.60. The summed E-state index contributed by atoms with van der Waals surface area (Å²) in [6, 6.07) is 7.10. The van der Waals surface area contributed by atoms with E-state index in [9.17, 15) is 4.79 Å². The van der Waals surface area contributed by atoms with Crippen LogP contribution in [0.3, 0.4) is 0 Å². The summed E-state index contributed by atoms with van der Waals surface area (Å²) in [6.07, 6.45) is 0. The van der Waals surface area contributed by atoms with E-state index in [2.05, 4.69) is 4.98 Å². The van der Waals surface area contributed by atoms with Crippen molar-refractivity contribution in [1.29, 1.82) is 0 Å². The molecule has 0 bridgehead atoms. The Kier molecular flexibility index (Phi) is 3.23. The van der Waals surface area contributed by atoms with E-state index in [1.54, 1.807) is 4.57 Å². The molecule has 5 nitrogen and oxygen atoms in total. The van der Waals surface area contributed by atoms with E-state index < -0.39 is 6.04 Å². The monoisotopic (exact) mass is 247 g/mol. The summed E-state index contributed by atoms with van der Waals surface area (Å²) >= 11 is 0. The number of hydrogen-bond acceptors (Lipinski definition) is 4. The molecule has 0 aliphatic heterocycles. The topological polar surface area (TPSA) is 70.1 Å². The van der Waals surface area contributed by atoms with Crippen LogP contribution in [0, 0.1) is 5.92 Å². The van der Waals surface area contributed by atoms with Crippen molar-refractivity contribution < 1.29 is 9.53 Å². The van der Waals surface area contributed by atoms with Crippen molar-refractivity contribution in [1.82, 2.24) is 9.55 Å². The van der Waals surface area contributed by atoms with Crippen LogP contribution in [-0.4, -0.2) is 22.6 Å². The fourth-order valence-electron chi connectivity index (χ4n) is 2.15. The van der Waals surface area contributed by atoms with Gasteiger partial charge in [0.15, 0.2) is 0 Å². The number of rotatable bonds is 3. The standard InChI is InChI=1S/C13H17N3O2/c1-8(2)11(12(17)18-3)16-10-7-5-4-6-9(10)15-13(16)14/h4-8,11H,1-3H3,(H2,14,15). The summed E-state index contributed by atoms with van der Waals surface area (Å²) in [5.41, 5.74) is 7.56.